The second-order valence-corrected chi connectivity index (χ2v) is 9.15. The van der Waals surface area contributed by atoms with E-state index in [1.807, 2.05) is 36.4 Å². The molecule has 2 aromatic rings. The number of amides is 1. The molecule has 0 N–H and O–H groups in total. The van der Waals surface area contributed by atoms with Crippen molar-refractivity contribution in [2.45, 2.75) is 12.1 Å². The van der Waals surface area contributed by atoms with Crippen molar-refractivity contribution in [3.05, 3.63) is 48.0 Å². The summed E-state index contributed by atoms with van der Waals surface area (Å²) in [4.78, 5) is 14.5. The minimum Gasteiger partial charge on any atom is -0.497 e. The van der Waals surface area contributed by atoms with Crippen LogP contribution in [0.15, 0.2) is 42.5 Å². The molecule has 28 heavy (non-hydrogen) atoms. The smallest absolute Gasteiger partial charge is 0.257 e. The number of sulfonamides is 1. The van der Waals surface area contributed by atoms with Gasteiger partial charge < -0.3 is 14.4 Å². The minimum absolute atomic E-state index is 0.171. The molecule has 7 nitrogen and oxygen atoms in total. The van der Waals surface area contributed by atoms with Crippen molar-refractivity contribution < 1.29 is 22.7 Å². The zero-order valence-electron chi connectivity index (χ0n) is 16.0. The number of ether oxygens (including phenoxy) is 2. The van der Waals surface area contributed by atoms with Gasteiger partial charge in [0.1, 0.15) is 17.6 Å². The summed E-state index contributed by atoms with van der Waals surface area (Å²) in [6.45, 7) is 0.465. The number of fused-ring (bicyclic) bond motifs is 2. The van der Waals surface area contributed by atoms with Crippen LogP contribution in [0.25, 0.3) is 11.1 Å². The third kappa shape index (κ3) is 3.22. The number of nitrogens with zero attached hydrogens (tertiary/aromatic N) is 2. The first kappa shape index (κ1) is 18.8. The number of hydrogen-bond donors (Lipinski definition) is 0. The molecule has 4 rings (SSSR count). The largest absolute Gasteiger partial charge is 0.497 e. The normalized spacial score (nSPS) is 22.2. The SMILES string of the molecule is COc1cccc(-c2ccc3c(c2)OC2CN(S(C)(=O)=O)CC2N(C)C3=O)c1. The average molecular weight is 402 g/mol. The summed E-state index contributed by atoms with van der Waals surface area (Å²) in [5, 5.41) is 0. The van der Waals surface area contributed by atoms with Gasteiger partial charge in [0.25, 0.3) is 5.91 Å². The molecule has 0 bridgehead atoms. The molecule has 2 aliphatic heterocycles. The number of rotatable bonds is 3. The second-order valence-electron chi connectivity index (χ2n) is 7.16. The lowest BCUT2D eigenvalue weighted by Gasteiger charge is -2.25. The molecule has 1 amide bonds. The summed E-state index contributed by atoms with van der Waals surface area (Å²) in [6, 6.07) is 12.8. The Morgan fingerprint density at radius 2 is 1.86 bits per heavy atom. The van der Waals surface area contributed by atoms with E-state index in [-0.39, 0.29) is 25.0 Å². The van der Waals surface area contributed by atoms with Crippen molar-refractivity contribution >= 4 is 15.9 Å². The van der Waals surface area contributed by atoms with E-state index in [2.05, 4.69) is 0 Å². The predicted octanol–water partition coefficient (Wildman–Crippen LogP) is 1.84. The Kier molecular flexibility index (Phi) is 4.55. The van der Waals surface area contributed by atoms with Gasteiger partial charge in [-0.25, -0.2) is 8.42 Å². The molecule has 1 saturated heterocycles. The Balaban J connectivity index is 1.72. The molecule has 0 radical (unpaired) electrons. The molecule has 0 aromatic heterocycles. The van der Waals surface area contributed by atoms with Crippen LogP contribution in [0.4, 0.5) is 0 Å². The Hall–Kier alpha value is -2.58. The van der Waals surface area contributed by atoms with Crippen LogP contribution in [0, 0.1) is 0 Å². The first-order valence-corrected chi connectivity index (χ1v) is 10.8. The maximum absolute atomic E-state index is 12.9. The van der Waals surface area contributed by atoms with E-state index in [0.29, 0.717) is 11.3 Å². The van der Waals surface area contributed by atoms with Crippen LogP contribution in [0.1, 0.15) is 10.4 Å². The Morgan fingerprint density at radius 3 is 2.57 bits per heavy atom. The van der Waals surface area contributed by atoms with E-state index in [1.165, 1.54) is 10.6 Å². The monoisotopic (exact) mass is 402 g/mol. The number of carbonyl (C=O) groups is 1. The molecule has 0 saturated carbocycles. The fourth-order valence-electron chi connectivity index (χ4n) is 3.76. The van der Waals surface area contributed by atoms with Crippen molar-refractivity contribution in [3.8, 4) is 22.6 Å². The molecule has 2 unspecified atom stereocenters. The first-order valence-electron chi connectivity index (χ1n) is 8.95. The topological polar surface area (TPSA) is 76.2 Å². The summed E-state index contributed by atoms with van der Waals surface area (Å²) < 4.78 is 36.7. The van der Waals surface area contributed by atoms with Gasteiger partial charge in [-0.1, -0.05) is 18.2 Å². The van der Waals surface area contributed by atoms with Gasteiger partial charge in [-0.05, 0) is 35.4 Å². The molecule has 2 atom stereocenters. The molecular formula is C20H22N2O5S. The lowest BCUT2D eigenvalue weighted by atomic mass is 10.0. The second kappa shape index (κ2) is 6.79. The molecule has 0 spiro atoms. The third-order valence-corrected chi connectivity index (χ3v) is 6.62. The molecule has 8 heteroatoms. The fourth-order valence-corrected chi connectivity index (χ4v) is 4.61. The molecule has 1 fully saturated rings. The molecular weight excluding hydrogens is 380 g/mol. The van der Waals surface area contributed by atoms with Crippen molar-refractivity contribution in [2.24, 2.45) is 0 Å². The van der Waals surface area contributed by atoms with Crippen LogP contribution in [0.3, 0.4) is 0 Å². The first-order chi connectivity index (χ1) is 13.3. The maximum atomic E-state index is 12.9. The van der Waals surface area contributed by atoms with Gasteiger partial charge in [-0.15, -0.1) is 0 Å². The molecule has 0 aliphatic carbocycles. The molecule has 148 valence electrons. The highest BCUT2D eigenvalue weighted by molar-refractivity contribution is 7.88. The van der Waals surface area contributed by atoms with Gasteiger partial charge >= 0.3 is 0 Å². The lowest BCUT2D eigenvalue weighted by Crippen LogP contribution is -2.44. The molecule has 2 aliphatic rings. The van der Waals surface area contributed by atoms with E-state index in [1.54, 1.807) is 25.1 Å². The van der Waals surface area contributed by atoms with E-state index < -0.39 is 16.1 Å². The van der Waals surface area contributed by atoms with Crippen molar-refractivity contribution in [2.75, 3.05) is 33.5 Å². The van der Waals surface area contributed by atoms with Gasteiger partial charge in [0, 0.05) is 13.6 Å². The number of hydrogen-bond acceptors (Lipinski definition) is 5. The zero-order valence-corrected chi connectivity index (χ0v) is 16.8. The Morgan fingerprint density at radius 1 is 1.11 bits per heavy atom. The zero-order chi connectivity index (χ0) is 20.1. The van der Waals surface area contributed by atoms with E-state index in [9.17, 15) is 13.2 Å². The Bertz CT molecular complexity index is 1040. The average Bonchev–Trinajstić information content (AvgIpc) is 3.07. The van der Waals surface area contributed by atoms with Crippen LogP contribution in [-0.4, -0.2) is 69.2 Å². The lowest BCUT2D eigenvalue weighted by molar-refractivity contribution is 0.0683. The van der Waals surface area contributed by atoms with Crippen LogP contribution >= 0.6 is 0 Å². The van der Waals surface area contributed by atoms with Gasteiger partial charge in [0.15, 0.2) is 0 Å². The summed E-state index contributed by atoms with van der Waals surface area (Å²) in [5.41, 5.74) is 2.32. The summed E-state index contributed by atoms with van der Waals surface area (Å²) in [7, 11) is -0.0411. The van der Waals surface area contributed by atoms with Gasteiger partial charge in [0.2, 0.25) is 10.0 Å². The van der Waals surface area contributed by atoms with Crippen LogP contribution in [0.2, 0.25) is 0 Å². The number of benzene rings is 2. The van der Waals surface area contributed by atoms with Gasteiger partial charge in [0.05, 0.1) is 31.5 Å². The predicted molar refractivity (Wildman–Crippen MR) is 105 cm³/mol. The minimum atomic E-state index is -3.35. The molecule has 2 heterocycles. The van der Waals surface area contributed by atoms with Crippen LogP contribution < -0.4 is 9.47 Å². The highest BCUT2D eigenvalue weighted by atomic mass is 32.2. The fraction of sp³-hybridized carbons (Fsp3) is 0.350. The highest BCUT2D eigenvalue weighted by Crippen LogP contribution is 2.35. The van der Waals surface area contributed by atoms with Crippen molar-refractivity contribution in [3.63, 3.8) is 0 Å². The van der Waals surface area contributed by atoms with E-state index >= 15 is 0 Å². The van der Waals surface area contributed by atoms with Gasteiger partial charge in [-0.3, -0.25) is 4.79 Å². The summed E-state index contributed by atoms with van der Waals surface area (Å²) >= 11 is 0. The molecule has 2 aromatic carbocycles. The third-order valence-electron chi connectivity index (χ3n) is 5.38. The number of carbonyl (C=O) groups excluding carboxylic acids is 1. The van der Waals surface area contributed by atoms with Crippen molar-refractivity contribution in [1.29, 1.82) is 0 Å². The summed E-state index contributed by atoms with van der Waals surface area (Å²) in [5.74, 6) is 1.04. The quantitative estimate of drug-likeness (QED) is 0.783. The number of methoxy groups -OCH3 is 1. The van der Waals surface area contributed by atoms with Gasteiger partial charge in [-0.2, -0.15) is 4.31 Å². The number of likely N-dealkylation sites (N-methyl/N-ethyl adjacent to an activating group) is 1. The summed E-state index contributed by atoms with van der Waals surface area (Å²) in [6.07, 6.45) is 0.764. The van der Waals surface area contributed by atoms with Crippen LogP contribution in [-0.2, 0) is 10.0 Å². The van der Waals surface area contributed by atoms with E-state index in [4.69, 9.17) is 9.47 Å². The standard InChI is InChI=1S/C20H22N2O5S/c1-21-17-11-22(28(3,24)25)12-19(17)27-18-10-14(7-8-16(18)20(21)23)13-5-4-6-15(9-13)26-2/h4-10,17,19H,11-12H2,1-3H3. The Labute approximate surface area is 164 Å². The highest BCUT2D eigenvalue weighted by Gasteiger charge is 2.44. The van der Waals surface area contributed by atoms with Crippen molar-refractivity contribution in [1.82, 2.24) is 9.21 Å². The van der Waals surface area contributed by atoms with Crippen LogP contribution in [0.5, 0.6) is 11.5 Å². The maximum Gasteiger partial charge on any atom is 0.257 e. The van der Waals surface area contributed by atoms with E-state index in [0.717, 1.165) is 16.9 Å².